The summed E-state index contributed by atoms with van der Waals surface area (Å²) in [6.07, 6.45) is -3.22. The third-order valence-corrected chi connectivity index (χ3v) is 2.88. The van der Waals surface area contributed by atoms with Crippen molar-refractivity contribution in [1.29, 1.82) is 0 Å². The molecule has 1 aromatic carbocycles. The molecule has 0 aliphatic rings. The maximum absolute atomic E-state index is 12.3. The van der Waals surface area contributed by atoms with E-state index in [1.165, 1.54) is 24.4 Å². The predicted molar refractivity (Wildman–Crippen MR) is 73.5 cm³/mol. The number of nitrogens with two attached hydrogens (primary N) is 1. The van der Waals surface area contributed by atoms with Gasteiger partial charge in [0.2, 0.25) is 0 Å². The number of hydrogen-bond donors (Lipinski definition) is 1. The van der Waals surface area contributed by atoms with Crippen LogP contribution in [0, 0.1) is 3.57 Å². The lowest BCUT2D eigenvalue weighted by molar-refractivity contribution is -0.274. The molecule has 3 nitrogen and oxygen atoms in total. The van der Waals surface area contributed by atoms with Crippen LogP contribution in [0.25, 0.3) is 11.1 Å². The molecule has 0 aliphatic carbocycles. The Morgan fingerprint density at radius 3 is 2.53 bits per heavy atom. The van der Waals surface area contributed by atoms with E-state index in [9.17, 15) is 13.2 Å². The molecule has 0 radical (unpaired) electrons. The average molecular weight is 380 g/mol. The van der Waals surface area contributed by atoms with Crippen molar-refractivity contribution >= 4 is 28.4 Å². The van der Waals surface area contributed by atoms with E-state index >= 15 is 0 Å². The molecular weight excluding hydrogens is 372 g/mol. The van der Waals surface area contributed by atoms with Crippen LogP contribution in [0.4, 0.5) is 19.0 Å². The molecule has 0 aliphatic heterocycles. The van der Waals surface area contributed by atoms with Crippen molar-refractivity contribution in [2.24, 2.45) is 0 Å². The zero-order valence-electron chi connectivity index (χ0n) is 9.41. The SMILES string of the molecule is Nc1ncc(I)cc1-c1ccccc1OC(F)(F)F. The number of alkyl halides is 3. The molecule has 7 heteroatoms. The number of rotatable bonds is 2. The van der Waals surface area contributed by atoms with Gasteiger partial charge in [-0.2, -0.15) is 0 Å². The van der Waals surface area contributed by atoms with Gasteiger partial charge in [-0.05, 0) is 34.7 Å². The highest BCUT2D eigenvalue weighted by molar-refractivity contribution is 14.1. The molecule has 0 unspecified atom stereocenters. The van der Waals surface area contributed by atoms with Gasteiger partial charge in [-0.15, -0.1) is 13.2 Å². The summed E-state index contributed by atoms with van der Waals surface area (Å²) in [6, 6.07) is 7.47. The van der Waals surface area contributed by atoms with Crippen LogP contribution in [-0.4, -0.2) is 11.3 Å². The van der Waals surface area contributed by atoms with Crippen LogP contribution in [0.3, 0.4) is 0 Å². The van der Waals surface area contributed by atoms with Crippen LogP contribution in [0.5, 0.6) is 5.75 Å². The highest BCUT2D eigenvalue weighted by Gasteiger charge is 2.32. The van der Waals surface area contributed by atoms with Crippen LogP contribution >= 0.6 is 22.6 Å². The van der Waals surface area contributed by atoms with Crippen molar-refractivity contribution in [2.75, 3.05) is 5.73 Å². The Morgan fingerprint density at radius 1 is 1.16 bits per heavy atom. The van der Waals surface area contributed by atoms with E-state index in [1.54, 1.807) is 12.1 Å². The lowest BCUT2D eigenvalue weighted by atomic mass is 10.1. The van der Waals surface area contributed by atoms with Crippen molar-refractivity contribution in [1.82, 2.24) is 4.98 Å². The number of anilines is 1. The maximum Gasteiger partial charge on any atom is 0.573 e. The molecule has 2 rings (SSSR count). The number of para-hydroxylation sites is 1. The average Bonchev–Trinajstić information content (AvgIpc) is 2.31. The highest BCUT2D eigenvalue weighted by atomic mass is 127. The monoisotopic (exact) mass is 380 g/mol. The summed E-state index contributed by atoms with van der Waals surface area (Å²) in [6.45, 7) is 0. The summed E-state index contributed by atoms with van der Waals surface area (Å²) < 4.78 is 41.8. The van der Waals surface area contributed by atoms with Gasteiger partial charge >= 0.3 is 6.36 Å². The van der Waals surface area contributed by atoms with E-state index in [4.69, 9.17) is 5.73 Å². The third-order valence-electron chi connectivity index (χ3n) is 2.29. The number of nitrogens with zero attached hydrogens (tertiary/aromatic N) is 1. The summed E-state index contributed by atoms with van der Waals surface area (Å²) in [5, 5.41) is 0. The topological polar surface area (TPSA) is 48.1 Å². The Bertz CT molecular complexity index is 602. The highest BCUT2D eigenvalue weighted by Crippen LogP contribution is 2.36. The van der Waals surface area contributed by atoms with Gasteiger partial charge in [-0.25, -0.2) is 4.98 Å². The van der Waals surface area contributed by atoms with E-state index in [2.05, 4.69) is 9.72 Å². The van der Waals surface area contributed by atoms with Gasteiger partial charge in [-0.3, -0.25) is 0 Å². The second-order valence-corrected chi connectivity index (χ2v) is 4.88. The van der Waals surface area contributed by atoms with Crippen molar-refractivity contribution in [3.05, 3.63) is 40.1 Å². The Kier molecular flexibility index (Phi) is 3.83. The van der Waals surface area contributed by atoms with Crippen molar-refractivity contribution in [2.45, 2.75) is 6.36 Å². The predicted octanol–water partition coefficient (Wildman–Crippen LogP) is 3.83. The van der Waals surface area contributed by atoms with Gasteiger partial charge in [0.1, 0.15) is 11.6 Å². The van der Waals surface area contributed by atoms with Crippen LogP contribution in [0.15, 0.2) is 36.5 Å². The lowest BCUT2D eigenvalue weighted by Crippen LogP contribution is -2.17. The van der Waals surface area contributed by atoms with E-state index in [-0.39, 0.29) is 17.1 Å². The first-order chi connectivity index (χ1) is 8.87. The Labute approximate surface area is 120 Å². The number of hydrogen-bond acceptors (Lipinski definition) is 3. The van der Waals surface area contributed by atoms with Crippen molar-refractivity contribution < 1.29 is 17.9 Å². The molecule has 0 bridgehead atoms. The number of halogens is 4. The minimum absolute atomic E-state index is 0.152. The van der Waals surface area contributed by atoms with Gasteiger partial charge in [0, 0.05) is 20.9 Å². The first-order valence-electron chi connectivity index (χ1n) is 5.13. The van der Waals surface area contributed by atoms with E-state index in [0.717, 1.165) is 3.57 Å². The molecule has 0 fully saturated rings. The quantitative estimate of drug-likeness (QED) is 0.806. The molecule has 0 atom stereocenters. The van der Waals surface area contributed by atoms with Crippen molar-refractivity contribution in [3.63, 3.8) is 0 Å². The van der Waals surface area contributed by atoms with E-state index < -0.39 is 6.36 Å². The first-order valence-corrected chi connectivity index (χ1v) is 6.21. The molecule has 100 valence electrons. The summed E-state index contributed by atoms with van der Waals surface area (Å²) in [7, 11) is 0. The van der Waals surface area contributed by atoms with Crippen molar-refractivity contribution in [3.8, 4) is 16.9 Å². The van der Waals surface area contributed by atoms with Gasteiger partial charge in [0.15, 0.2) is 0 Å². The fourth-order valence-electron chi connectivity index (χ4n) is 1.57. The number of ether oxygens (including phenoxy) is 1. The Hall–Kier alpha value is -1.51. The van der Waals surface area contributed by atoms with E-state index in [0.29, 0.717) is 5.56 Å². The minimum Gasteiger partial charge on any atom is -0.405 e. The largest absolute Gasteiger partial charge is 0.573 e. The molecular formula is C12H8F3IN2O. The summed E-state index contributed by atoms with van der Waals surface area (Å²) in [5.41, 5.74) is 6.36. The molecule has 0 spiro atoms. The maximum atomic E-state index is 12.3. The molecule has 1 aromatic heterocycles. The minimum atomic E-state index is -4.75. The summed E-state index contributed by atoms with van der Waals surface area (Å²) in [4.78, 5) is 3.93. The van der Waals surface area contributed by atoms with Crippen LogP contribution < -0.4 is 10.5 Å². The van der Waals surface area contributed by atoms with Gasteiger partial charge in [-0.1, -0.05) is 18.2 Å². The zero-order chi connectivity index (χ0) is 14.0. The summed E-state index contributed by atoms with van der Waals surface area (Å²) in [5.74, 6) is -0.149. The van der Waals surface area contributed by atoms with E-state index in [1.807, 2.05) is 22.6 Å². The van der Waals surface area contributed by atoms with Gasteiger partial charge < -0.3 is 10.5 Å². The number of pyridine rings is 1. The molecule has 1 heterocycles. The first kappa shape index (κ1) is 13.9. The molecule has 19 heavy (non-hydrogen) atoms. The number of aromatic nitrogens is 1. The third kappa shape index (κ3) is 3.49. The number of benzene rings is 1. The fraction of sp³-hybridized carbons (Fsp3) is 0.0833. The van der Waals surface area contributed by atoms with Gasteiger partial charge in [0.25, 0.3) is 0 Å². The lowest BCUT2D eigenvalue weighted by Gasteiger charge is -2.14. The summed E-state index contributed by atoms with van der Waals surface area (Å²) >= 11 is 2.01. The van der Waals surface area contributed by atoms with Crippen LogP contribution in [0.2, 0.25) is 0 Å². The molecule has 0 amide bonds. The second-order valence-electron chi connectivity index (χ2n) is 3.63. The molecule has 2 N–H and O–H groups in total. The van der Waals surface area contributed by atoms with Gasteiger partial charge in [0.05, 0.1) is 0 Å². The van der Waals surface area contributed by atoms with Crippen LogP contribution in [-0.2, 0) is 0 Å². The standard InChI is InChI=1S/C12H8F3IN2O/c13-12(14,15)19-10-4-2-1-3-8(10)9-5-7(16)6-18-11(9)17/h1-6H,(H2,17,18). The Balaban J connectivity index is 2.53. The van der Waals surface area contributed by atoms with Crippen LogP contribution in [0.1, 0.15) is 0 Å². The normalized spacial score (nSPS) is 11.4. The zero-order valence-corrected chi connectivity index (χ0v) is 11.6. The Morgan fingerprint density at radius 2 is 1.84 bits per heavy atom. The molecule has 0 saturated heterocycles. The second kappa shape index (κ2) is 5.24. The number of nitrogen functional groups attached to an aromatic ring is 1. The fourth-order valence-corrected chi connectivity index (χ4v) is 2.02. The molecule has 2 aromatic rings. The smallest absolute Gasteiger partial charge is 0.405 e. The molecule has 0 saturated carbocycles.